The molecule has 1 aliphatic heterocycles. The van der Waals surface area contributed by atoms with E-state index in [1.165, 1.54) is 11.3 Å². The first-order valence-corrected chi connectivity index (χ1v) is 8.83. The lowest BCUT2D eigenvalue weighted by molar-refractivity contribution is -0.123. The Kier molecular flexibility index (Phi) is 4.63. The summed E-state index contributed by atoms with van der Waals surface area (Å²) in [7, 11) is 0. The van der Waals surface area contributed by atoms with Crippen molar-refractivity contribution in [2.75, 3.05) is 0 Å². The van der Waals surface area contributed by atoms with Gasteiger partial charge in [0.25, 0.3) is 11.1 Å². The largest absolute Gasteiger partial charge is 0.337 e. The standard InChI is InChI=1S/C15H15N3O3S2/c1-9(2)6-12-16-13(21-17-12)8-18-14(19)11(23-15(18)20)7-10-4-3-5-22-10/h3-5,7,9H,6,8H2,1-2H3/b11-7-. The van der Waals surface area contributed by atoms with Gasteiger partial charge in [-0.2, -0.15) is 4.98 Å². The summed E-state index contributed by atoms with van der Waals surface area (Å²) in [4.78, 5) is 31.1. The molecule has 23 heavy (non-hydrogen) atoms. The lowest BCUT2D eigenvalue weighted by atomic mass is 10.1. The fourth-order valence-corrected chi connectivity index (χ4v) is 3.64. The third-order valence-corrected chi connectivity index (χ3v) is 4.81. The number of hydrogen-bond acceptors (Lipinski definition) is 7. The average Bonchev–Trinajstić information content (AvgIpc) is 3.19. The zero-order valence-corrected chi connectivity index (χ0v) is 14.3. The molecule has 3 rings (SSSR count). The lowest BCUT2D eigenvalue weighted by Gasteiger charge is -2.08. The van der Waals surface area contributed by atoms with Crippen LogP contribution in [0.1, 0.15) is 30.4 Å². The summed E-state index contributed by atoms with van der Waals surface area (Å²) in [6.45, 7) is 4.13. The Hall–Kier alpha value is -1.93. The van der Waals surface area contributed by atoms with Crippen molar-refractivity contribution < 1.29 is 14.1 Å². The van der Waals surface area contributed by atoms with Gasteiger partial charge < -0.3 is 4.52 Å². The first-order valence-electron chi connectivity index (χ1n) is 7.13. The molecule has 0 atom stereocenters. The van der Waals surface area contributed by atoms with Gasteiger partial charge in [0.2, 0.25) is 5.89 Å². The van der Waals surface area contributed by atoms with Crippen molar-refractivity contribution in [3.05, 3.63) is 39.0 Å². The van der Waals surface area contributed by atoms with Crippen LogP contribution in [0.5, 0.6) is 0 Å². The first-order chi connectivity index (χ1) is 11.0. The predicted molar refractivity (Wildman–Crippen MR) is 88.7 cm³/mol. The molecule has 2 aromatic heterocycles. The van der Waals surface area contributed by atoms with Crippen molar-refractivity contribution in [2.45, 2.75) is 26.8 Å². The van der Waals surface area contributed by atoms with Crippen molar-refractivity contribution in [3.8, 4) is 0 Å². The van der Waals surface area contributed by atoms with Gasteiger partial charge in [0, 0.05) is 11.3 Å². The van der Waals surface area contributed by atoms with Gasteiger partial charge in [-0.1, -0.05) is 25.1 Å². The Balaban J connectivity index is 1.72. The number of thiophene rings is 1. The molecular weight excluding hydrogens is 334 g/mol. The highest BCUT2D eigenvalue weighted by Gasteiger charge is 2.36. The quantitative estimate of drug-likeness (QED) is 0.768. The number of carbonyl (C=O) groups is 2. The van der Waals surface area contributed by atoms with Crippen LogP contribution in [0.4, 0.5) is 4.79 Å². The normalized spacial score (nSPS) is 17.0. The van der Waals surface area contributed by atoms with Crippen molar-refractivity contribution in [3.63, 3.8) is 0 Å². The van der Waals surface area contributed by atoms with E-state index in [1.807, 2.05) is 17.5 Å². The van der Waals surface area contributed by atoms with Gasteiger partial charge in [0.1, 0.15) is 6.54 Å². The van der Waals surface area contributed by atoms with Crippen LogP contribution >= 0.6 is 23.1 Å². The second kappa shape index (κ2) is 6.67. The number of carbonyl (C=O) groups excluding carboxylic acids is 2. The summed E-state index contributed by atoms with van der Waals surface area (Å²) in [5, 5.41) is 5.48. The van der Waals surface area contributed by atoms with Gasteiger partial charge in [-0.05, 0) is 35.2 Å². The fourth-order valence-electron chi connectivity index (χ4n) is 2.08. The summed E-state index contributed by atoms with van der Waals surface area (Å²) in [5.74, 6) is 0.958. The number of aromatic nitrogens is 2. The molecule has 0 saturated carbocycles. The Morgan fingerprint density at radius 2 is 2.22 bits per heavy atom. The van der Waals surface area contributed by atoms with Crippen molar-refractivity contribution in [1.29, 1.82) is 0 Å². The molecule has 0 N–H and O–H groups in total. The van der Waals surface area contributed by atoms with E-state index in [0.29, 0.717) is 23.1 Å². The molecule has 0 aromatic carbocycles. The molecule has 6 nitrogen and oxygen atoms in total. The van der Waals surface area contributed by atoms with Crippen LogP contribution in [0.3, 0.4) is 0 Å². The molecule has 0 radical (unpaired) electrons. The Labute approximate surface area is 141 Å². The predicted octanol–water partition coefficient (Wildman–Crippen LogP) is 3.57. The van der Waals surface area contributed by atoms with Crippen LogP contribution in [-0.4, -0.2) is 26.2 Å². The second-order valence-corrected chi connectivity index (χ2v) is 7.46. The molecule has 1 aliphatic rings. The zero-order chi connectivity index (χ0) is 16.4. The van der Waals surface area contributed by atoms with Gasteiger partial charge >= 0.3 is 0 Å². The maximum absolute atomic E-state index is 12.4. The molecule has 8 heteroatoms. The fraction of sp³-hybridized carbons (Fsp3) is 0.333. The Morgan fingerprint density at radius 1 is 1.39 bits per heavy atom. The minimum absolute atomic E-state index is 0.0115. The second-order valence-electron chi connectivity index (χ2n) is 5.49. The molecule has 120 valence electrons. The number of imide groups is 1. The van der Waals surface area contributed by atoms with E-state index in [9.17, 15) is 9.59 Å². The molecule has 2 aromatic rings. The van der Waals surface area contributed by atoms with E-state index in [0.717, 1.165) is 21.5 Å². The monoisotopic (exact) mass is 349 g/mol. The van der Waals surface area contributed by atoms with Crippen LogP contribution in [0, 0.1) is 5.92 Å². The van der Waals surface area contributed by atoms with E-state index in [4.69, 9.17) is 4.52 Å². The minimum atomic E-state index is -0.322. The van der Waals surface area contributed by atoms with Crippen LogP contribution < -0.4 is 0 Å². The average molecular weight is 349 g/mol. The number of rotatable bonds is 5. The maximum Gasteiger partial charge on any atom is 0.294 e. The lowest BCUT2D eigenvalue weighted by Crippen LogP contribution is -2.27. The molecule has 1 fully saturated rings. The van der Waals surface area contributed by atoms with E-state index >= 15 is 0 Å². The summed E-state index contributed by atoms with van der Waals surface area (Å²) < 4.78 is 5.13. The number of thioether (sulfide) groups is 1. The summed E-state index contributed by atoms with van der Waals surface area (Å²) in [6, 6.07) is 3.80. The van der Waals surface area contributed by atoms with Gasteiger partial charge in [0.05, 0.1) is 4.91 Å². The molecule has 1 saturated heterocycles. The third kappa shape index (κ3) is 3.70. The number of nitrogens with zero attached hydrogens (tertiary/aromatic N) is 3. The summed E-state index contributed by atoms with van der Waals surface area (Å²) in [5.41, 5.74) is 0. The minimum Gasteiger partial charge on any atom is -0.337 e. The highest BCUT2D eigenvalue weighted by molar-refractivity contribution is 8.18. The van der Waals surface area contributed by atoms with Gasteiger partial charge in [0.15, 0.2) is 5.82 Å². The topological polar surface area (TPSA) is 76.3 Å². The van der Waals surface area contributed by atoms with Gasteiger partial charge in [-0.25, -0.2) is 0 Å². The van der Waals surface area contributed by atoms with Crippen LogP contribution in [-0.2, 0) is 17.8 Å². The number of amides is 2. The summed E-state index contributed by atoms with van der Waals surface area (Å²) in [6.07, 6.45) is 2.43. The van der Waals surface area contributed by atoms with Crippen molar-refractivity contribution in [1.82, 2.24) is 15.0 Å². The van der Waals surface area contributed by atoms with Crippen LogP contribution in [0.25, 0.3) is 6.08 Å². The smallest absolute Gasteiger partial charge is 0.294 e. The molecule has 2 amide bonds. The molecular formula is C15H15N3O3S2. The molecule has 3 heterocycles. The Bertz CT molecular complexity index is 750. The maximum atomic E-state index is 12.4. The van der Waals surface area contributed by atoms with Crippen LogP contribution in [0.2, 0.25) is 0 Å². The van der Waals surface area contributed by atoms with E-state index in [-0.39, 0.29) is 23.6 Å². The molecule has 0 unspecified atom stereocenters. The van der Waals surface area contributed by atoms with Gasteiger partial charge in [-0.3, -0.25) is 14.5 Å². The molecule has 0 aliphatic carbocycles. The zero-order valence-electron chi connectivity index (χ0n) is 12.7. The highest BCUT2D eigenvalue weighted by Crippen LogP contribution is 2.33. The van der Waals surface area contributed by atoms with Gasteiger partial charge in [-0.15, -0.1) is 11.3 Å². The molecule has 0 bridgehead atoms. The summed E-state index contributed by atoms with van der Waals surface area (Å²) >= 11 is 2.45. The molecule has 0 spiro atoms. The van der Waals surface area contributed by atoms with E-state index in [1.54, 1.807) is 6.08 Å². The van der Waals surface area contributed by atoms with E-state index in [2.05, 4.69) is 24.0 Å². The van der Waals surface area contributed by atoms with Crippen molar-refractivity contribution >= 4 is 40.3 Å². The van der Waals surface area contributed by atoms with E-state index < -0.39 is 0 Å². The van der Waals surface area contributed by atoms with Crippen LogP contribution in [0.15, 0.2) is 26.9 Å². The Morgan fingerprint density at radius 3 is 2.91 bits per heavy atom. The highest BCUT2D eigenvalue weighted by atomic mass is 32.2. The third-order valence-electron chi connectivity index (χ3n) is 3.08. The van der Waals surface area contributed by atoms with Crippen molar-refractivity contribution in [2.24, 2.45) is 5.92 Å². The number of hydrogen-bond donors (Lipinski definition) is 0. The SMILES string of the molecule is CC(C)Cc1noc(CN2C(=O)S/C(=C\c3cccs3)C2=O)n1. The first kappa shape index (κ1) is 15.9.